The summed E-state index contributed by atoms with van der Waals surface area (Å²) in [6, 6.07) is 100. The normalized spacial score (nSPS) is 11.9. The summed E-state index contributed by atoms with van der Waals surface area (Å²) in [5.41, 5.74) is 27.4. The van der Waals surface area contributed by atoms with E-state index in [1.54, 1.807) is 0 Å². The van der Waals surface area contributed by atoms with Gasteiger partial charge in [-0.3, -0.25) is 0 Å². The Morgan fingerprint density at radius 3 is 1.40 bits per heavy atom. The van der Waals surface area contributed by atoms with Crippen LogP contribution in [0.25, 0.3) is 116 Å². The van der Waals surface area contributed by atoms with Crippen LogP contribution in [0.2, 0.25) is 0 Å². The summed E-state index contributed by atoms with van der Waals surface area (Å²) >= 11 is 3.52. The molecule has 14 aromatic rings. The number of hydrogen-bond acceptors (Lipinski definition) is 0. The number of nitrogens with one attached hydrogen (secondary N) is 1. The Morgan fingerprint density at radius 2 is 0.766 bits per heavy atom. The van der Waals surface area contributed by atoms with Crippen LogP contribution in [0.3, 0.4) is 0 Å². The summed E-state index contributed by atoms with van der Waals surface area (Å²) in [7, 11) is 0. The summed E-state index contributed by atoms with van der Waals surface area (Å²) in [5.74, 6) is 0. The molecule has 0 radical (unpaired) electrons. The average Bonchev–Trinajstić information content (AvgIpc) is 4.29. The maximum absolute atomic E-state index is 3.53. The third-order valence-electron chi connectivity index (χ3n) is 15.6. The third-order valence-corrected chi connectivity index (χ3v) is 16.1. The van der Waals surface area contributed by atoms with E-state index in [9.17, 15) is 0 Å². The van der Waals surface area contributed by atoms with Crippen LogP contribution in [0.1, 0.15) is 22.3 Å². The monoisotopic (exact) mass is 1050 g/mol. The Morgan fingerprint density at radius 1 is 0.299 bits per heavy atom. The number of para-hydroxylation sites is 2. The Labute approximate surface area is 457 Å². The van der Waals surface area contributed by atoms with Crippen molar-refractivity contribution >= 4 is 59.5 Å². The molecule has 3 heteroatoms. The van der Waals surface area contributed by atoms with Gasteiger partial charge in [-0.1, -0.05) is 234 Å². The van der Waals surface area contributed by atoms with Crippen LogP contribution >= 0.6 is 15.9 Å². The second-order valence-electron chi connectivity index (χ2n) is 20.1. The highest BCUT2D eigenvalue weighted by molar-refractivity contribution is 9.10. The first-order valence-electron chi connectivity index (χ1n) is 26.5. The molecule has 0 atom stereocenters. The number of benzene rings is 12. The van der Waals surface area contributed by atoms with Gasteiger partial charge in [-0.2, -0.15) is 0 Å². The van der Waals surface area contributed by atoms with Crippen LogP contribution < -0.4 is 0 Å². The summed E-state index contributed by atoms with van der Waals surface area (Å²) in [6.07, 6.45) is 2.04. The van der Waals surface area contributed by atoms with Crippen LogP contribution in [0.4, 0.5) is 0 Å². The predicted octanol–water partition coefficient (Wildman–Crippen LogP) is 20.4. The number of fused-ring (bicyclic) bond motifs is 14. The molecule has 12 aromatic carbocycles. The number of aromatic amines is 1. The first kappa shape index (κ1) is 46.3. The topological polar surface area (TPSA) is 20.7 Å². The van der Waals surface area contributed by atoms with E-state index in [4.69, 9.17) is 0 Å². The molecule has 0 saturated heterocycles. The molecule has 0 bridgehead atoms. The van der Waals surface area contributed by atoms with Crippen molar-refractivity contribution in [2.75, 3.05) is 0 Å². The van der Waals surface area contributed by atoms with Crippen LogP contribution in [0, 0.1) is 0 Å². The van der Waals surface area contributed by atoms with Crippen LogP contribution in [-0.2, 0) is 12.8 Å². The maximum Gasteiger partial charge on any atom is 0.0544 e. The molecule has 0 fully saturated rings. The van der Waals surface area contributed by atoms with Crippen LogP contribution in [-0.4, -0.2) is 9.55 Å². The fraction of sp³-hybridized carbons (Fsp3) is 0.0270. The molecular formula is C74H51BrN2. The highest BCUT2D eigenvalue weighted by Crippen LogP contribution is 2.46. The van der Waals surface area contributed by atoms with E-state index in [0.717, 1.165) is 17.3 Å². The quantitative estimate of drug-likeness (QED) is 0.177. The van der Waals surface area contributed by atoms with Crippen molar-refractivity contribution < 1.29 is 0 Å². The van der Waals surface area contributed by atoms with Crippen molar-refractivity contribution in [2.45, 2.75) is 12.8 Å². The molecule has 2 aliphatic rings. The molecule has 1 N–H and O–H groups in total. The Balaban J connectivity index is 0.000000116. The van der Waals surface area contributed by atoms with Gasteiger partial charge in [-0.05, 0) is 163 Å². The summed E-state index contributed by atoms with van der Waals surface area (Å²) in [4.78, 5) is 3.53. The molecule has 77 heavy (non-hydrogen) atoms. The number of aromatic nitrogens is 2. The zero-order valence-electron chi connectivity index (χ0n) is 42.3. The third kappa shape index (κ3) is 8.56. The van der Waals surface area contributed by atoms with Gasteiger partial charge in [-0.15, -0.1) is 0 Å². The molecule has 0 unspecified atom stereocenters. The fourth-order valence-electron chi connectivity index (χ4n) is 12.1. The number of hydrogen-bond donors (Lipinski definition) is 1. The summed E-state index contributed by atoms with van der Waals surface area (Å²) in [5, 5.41) is 5.44. The van der Waals surface area contributed by atoms with E-state index in [-0.39, 0.29) is 0 Å². The molecule has 16 rings (SSSR count). The van der Waals surface area contributed by atoms with Gasteiger partial charge in [-0.25, -0.2) is 0 Å². The van der Waals surface area contributed by atoms with Crippen molar-refractivity contribution in [1.82, 2.24) is 9.55 Å². The fourth-order valence-corrected chi connectivity index (χ4v) is 12.5. The van der Waals surface area contributed by atoms with Crippen molar-refractivity contribution in [2.24, 2.45) is 0 Å². The molecule has 2 aliphatic carbocycles. The van der Waals surface area contributed by atoms with Gasteiger partial charge in [0.2, 0.25) is 0 Å². The second kappa shape index (κ2) is 19.8. The maximum atomic E-state index is 3.53. The standard InChI is InChI=1S/C37H25N.C19H13N.C18H13Br/c1-2-10-25(11-3-1)26-13-8-14-27(22-26)28-15-9-16-30(23-28)38-35-19-7-6-18-33(35)37-34-24-29-12-4-5-17-31(29)32(34)20-21-36(37)38;1-2-6-13-12(5-1)11-16-14(13)9-10-18-19(16)15-7-3-4-8-17(15)20-18;19-18-11-5-10-17(13-18)16-9-4-8-15(12-16)14-6-2-1-3-7-14/h1-23H,24H2;1-10,20H,11H2;1-13H. The minimum atomic E-state index is 0.989. The molecule has 2 aromatic heterocycles. The molecular weight excluding hydrogens is 997 g/mol. The SMILES string of the molecule is Brc1cccc(-c2cccc(-c3ccccc3)c2)c1.c1ccc(-c2cccc(-c3cccc(-n4c5ccccc5c5c6c(ccc54)-c4ccccc4C6)c3)c2)cc1.c1ccc2c(c1)Cc1c-2ccc2[nH]c3ccccc3c12. The second-order valence-corrected chi connectivity index (χ2v) is 21.1. The van der Waals surface area contributed by atoms with Crippen molar-refractivity contribution in [3.63, 3.8) is 0 Å². The highest BCUT2D eigenvalue weighted by atomic mass is 79.9. The minimum Gasteiger partial charge on any atom is -0.355 e. The lowest BCUT2D eigenvalue weighted by atomic mass is 9.99. The van der Waals surface area contributed by atoms with Crippen LogP contribution in [0.5, 0.6) is 0 Å². The van der Waals surface area contributed by atoms with Gasteiger partial charge in [0.15, 0.2) is 0 Å². The molecule has 0 spiro atoms. The smallest absolute Gasteiger partial charge is 0.0544 e. The van der Waals surface area contributed by atoms with E-state index in [1.165, 1.54) is 138 Å². The van der Waals surface area contributed by atoms with Gasteiger partial charge >= 0.3 is 0 Å². The number of halogens is 1. The lowest BCUT2D eigenvalue weighted by molar-refractivity contribution is 1.18. The van der Waals surface area contributed by atoms with Gasteiger partial charge < -0.3 is 9.55 Å². The van der Waals surface area contributed by atoms with Crippen LogP contribution in [0.15, 0.2) is 284 Å². The molecule has 0 saturated carbocycles. The predicted molar refractivity (Wildman–Crippen MR) is 329 cm³/mol. The lowest BCUT2D eigenvalue weighted by Gasteiger charge is -2.12. The summed E-state index contributed by atoms with van der Waals surface area (Å²) in [6.45, 7) is 0. The van der Waals surface area contributed by atoms with Gasteiger partial charge in [0.05, 0.1) is 11.0 Å². The zero-order valence-corrected chi connectivity index (χ0v) is 43.9. The highest BCUT2D eigenvalue weighted by Gasteiger charge is 2.25. The first-order valence-corrected chi connectivity index (χ1v) is 27.3. The molecule has 0 aliphatic heterocycles. The van der Waals surface area contributed by atoms with Crippen molar-refractivity contribution in [3.8, 4) is 72.4 Å². The molecule has 2 heterocycles. The lowest BCUT2D eigenvalue weighted by Crippen LogP contribution is -1.94. The number of H-pyrrole nitrogens is 1. The van der Waals surface area contributed by atoms with E-state index in [0.29, 0.717) is 0 Å². The molecule has 0 amide bonds. The van der Waals surface area contributed by atoms with Gasteiger partial charge in [0, 0.05) is 42.7 Å². The summed E-state index contributed by atoms with van der Waals surface area (Å²) < 4.78 is 3.55. The first-order chi connectivity index (χ1) is 38.1. The largest absolute Gasteiger partial charge is 0.355 e. The van der Waals surface area contributed by atoms with Gasteiger partial charge in [0.1, 0.15) is 0 Å². The average molecular weight is 1050 g/mol. The van der Waals surface area contributed by atoms with E-state index >= 15 is 0 Å². The van der Waals surface area contributed by atoms with Crippen molar-refractivity contribution in [1.29, 1.82) is 0 Å². The molecule has 2 nitrogen and oxygen atoms in total. The zero-order chi connectivity index (χ0) is 51.2. The number of nitrogens with zero attached hydrogens (tertiary/aromatic N) is 1. The molecule has 364 valence electrons. The van der Waals surface area contributed by atoms with Gasteiger partial charge in [0.25, 0.3) is 0 Å². The Hall–Kier alpha value is -9.28. The Bertz CT molecular complexity index is 4520. The number of rotatable bonds is 5. The minimum absolute atomic E-state index is 0.989. The Kier molecular flexibility index (Phi) is 11.9. The van der Waals surface area contributed by atoms with Crippen molar-refractivity contribution in [3.05, 3.63) is 306 Å². The van der Waals surface area contributed by atoms with E-state index < -0.39 is 0 Å². The van der Waals surface area contributed by atoms with E-state index in [2.05, 4.69) is 292 Å². The van der Waals surface area contributed by atoms with E-state index in [1.807, 2.05) is 12.1 Å².